The lowest BCUT2D eigenvalue weighted by atomic mass is 10.0. The summed E-state index contributed by atoms with van der Waals surface area (Å²) in [6, 6.07) is 14.7. The van der Waals surface area contributed by atoms with Gasteiger partial charge < -0.3 is 4.52 Å². The quantitative estimate of drug-likeness (QED) is 0.772. The molecule has 1 aromatic heterocycles. The fourth-order valence-electron chi connectivity index (χ4n) is 2.52. The number of hydrogen-bond donors (Lipinski definition) is 1. The number of benzene rings is 2. The predicted molar refractivity (Wildman–Crippen MR) is 93.4 cm³/mol. The zero-order valence-corrected chi connectivity index (χ0v) is 14.5. The second-order valence-corrected chi connectivity index (χ2v) is 7.20. The number of nitrogens with zero attached hydrogens (tertiary/aromatic N) is 2. The zero-order chi connectivity index (χ0) is 18.0. The molecule has 0 radical (unpaired) electrons. The average molecular weight is 353 g/mol. The first-order chi connectivity index (χ1) is 11.9. The number of aryl methyl sites for hydroxylation is 2. The van der Waals surface area contributed by atoms with E-state index in [0.717, 1.165) is 16.8 Å². The first kappa shape index (κ1) is 16.7. The van der Waals surface area contributed by atoms with Crippen molar-refractivity contribution in [2.24, 2.45) is 0 Å². The zero-order valence-electron chi connectivity index (χ0n) is 13.6. The highest BCUT2D eigenvalue weighted by Gasteiger charge is 2.16. The Kier molecular flexibility index (Phi) is 4.30. The second-order valence-electron chi connectivity index (χ2n) is 5.52. The lowest BCUT2D eigenvalue weighted by Crippen LogP contribution is -2.12. The summed E-state index contributed by atoms with van der Waals surface area (Å²) in [6.07, 6.45) is 0. The van der Waals surface area contributed by atoms with Crippen LogP contribution < -0.4 is 4.72 Å². The molecule has 0 aliphatic heterocycles. The SMILES string of the molecule is Cc1noc(C)c1-c1ccc(S(=O)(=O)Nc2ccc(C#N)cc2)cc1. The van der Waals surface area contributed by atoms with Gasteiger partial charge in [0.1, 0.15) is 5.76 Å². The van der Waals surface area contributed by atoms with Crippen LogP contribution in [0.1, 0.15) is 17.0 Å². The molecule has 2 aromatic carbocycles. The van der Waals surface area contributed by atoms with Gasteiger partial charge in [-0.1, -0.05) is 17.3 Å². The summed E-state index contributed by atoms with van der Waals surface area (Å²) >= 11 is 0. The van der Waals surface area contributed by atoms with E-state index < -0.39 is 10.0 Å². The Balaban J connectivity index is 1.86. The lowest BCUT2D eigenvalue weighted by molar-refractivity contribution is 0.393. The van der Waals surface area contributed by atoms with Gasteiger partial charge in [0.15, 0.2) is 0 Å². The molecule has 0 atom stereocenters. The van der Waals surface area contributed by atoms with Gasteiger partial charge in [-0.25, -0.2) is 8.42 Å². The van der Waals surface area contributed by atoms with E-state index >= 15 is 0 Å². The van der Waals surface area contributed by atoms with Gasteiger partial charge in [-0.15, -0.1) is 0 Å². The molecule has 0 unspecified atom stereocenters. The van der Waals surface area contributed by atoms with Crippen LogP contribution in [0.3, 0.4) is 0 Å². The first-order valence-electron chi connectivity index (χ1n) is 7.47. The summed E-state index contributed by atoms with van der Waals surface area (Å²) in [5.41, 5.74) is 3.32. The van der Waals surface area contributed by atoms with Crippen molar-refractivity contribution < 1.29 is 12.9 Å². The van der Waals surface area contributed by atoms with E-state index in [1.54, 1.807) is 36.4 Å². The van der Waals surface area contributed by atoms with E-state index in [2.05, 4.69) is 9.88 Å². The summed E-state index contributed by atoms with van der Waals surface area (Å²) in [6.45, 7) is 3.65. The molecule has 3 rings (SSSR count). The van der Waals surface area contributed by atoms with Crippen LogP contribution in [0, 0.1) is 25.2 Å². The van der Waals surface area contributed by atoms with Gasteiger partial charge in [-0.2, -0.15) is 5.26 Å². The molecule has 0 saturated carbocycles. The van der Waals surface area contributed by atoms with Gasteiger partial charge in [-0.05, 0) is 55.8 Å². The Hall–Kier alpha value is -3.11. The van der Waals surface area contributed by atoms with Gasteiger partial charge >= 0.3 is 0 Å². The van der Waals surface area contributed by atoms with Gasteiger partial charge in [0.05, 0.1) is 22.2 Å². The lowest BCUT2D eigenvalue weighted by Gasteiger charge is -2.09. The van der Waals surface area contributed by atoms with E-state index in [1.165, 1.54) is 12.1 Å². The summed E-state index contributed by atoms with van der Waals surface area (Å²) < 4.78 is 32.6. The van der Waals surface area contributed by atoms with Gasteiger partial charge in [0.25, 0.3) is 10.0 Å². The van der Waals surface area contributed by atoms with Crippen LogP contribution in [0.5, 0.6) is 0 Å². The topological polar surface area (TPSA) is 96.0 Å². The summed E-state index contributed by atoms with van der Waals surface area (Å²) in [5.74, 6) is 0.684. The van der Waals surface area contributed by atoms with Crippen molar-refractivity contribution in [1.82, 2.24) is 5.16 Å². The molecule has 0 bridgehead atoms. The van der Waals surface area contributed by atoms with Gasteiger partial charge in [-0.3, -0.25) is 4.72 Å². The number of nitriles is 1. The van der Waals surface area contributed by atoms with Crippen LogP contribution in [0.15, 0.2) is 57.9 Å². The largest absolute Gasteiger partial charge is 0.361 e. The highest BCUT2D eigenvalue weighted by molar-refractivity contribution is 7.92. The molecule has 0 saturated heterocycles. The first-order valence-corrected chi connectivity index (χ1v) is 8.95. The average Bonchev–Trinajstić information content (AvgIpc) is 2.94. The van der Waals surface area contributed by atoms with Crippen molar-refractivity contribution in [3.8, 4) is 17.2 Å². The maximum absolute atomic E-state index is 12.5. The fraction of sp³-hybridized carbons (Fsp3) is 0.111. The molecule has 126 valence electrons. The van der Waals surface area contributed by atoms with Crippen molar-refractivity contribution >= 4 is 15.7 Å². The van der Waals surface area contributed by atoms with Gasteiger partial charge in [0, 0.05) is 11.3 Å². The molecule has 7 heteroatoms. The van der Waals surface area contributed by atoms with Crippen LogP contribution >= 0.6 is 0 Å². The van der Waals surface area contributed by atoms with E-state index in [-0.39, 0.29) is 4.90 Å². The van der Waals surface area contributed by atoms with Crippen molar-refractivity contribution in [3.63, 3.8) is 0 Å². The van der Waals surface area contributed by atoms with E-state index in [0.29, 0.717) is 17.0 Å². The Bertz CT molecular complexity index is 1020. The Labute approximate surface area is 145 Å². The fourth-order valence-corrected chi connectivity index (χ4v) is 3.58. The number of rotatable bonds is 4. The van der Waals surface area contributed by atoms with E-state index in [4.69, 9.17) is 9.78 Å². The molecule has 0 amide bonds. The number of hydrogen-bond acceptors (Lipinski definition) is 5. The highest BCUT2D eigenvalue weighted by Crippen LogP contribution is 2.28. The second kappa shape index (κ2) is 6.42. The van der Waals surface area contributed by atoms with E-state index in [1.807, 2.05) is 19.9 Å². The number of nitrogens with one attached hydrogen (secondary N) is 1. The molecular formula is C18H15N3O3S. The minimum atomic E-state index is -3.71. The summed E-state index contributed by atoms with van der Waals surface area (Å²) in [5, 5.41) is 12.7. The Morgan fingerprint density at radius 1 is 1.04 bits per heavy atom. The molecule has 3 aromatic rings. The standard InChI is InChI=1S/C18H15N3O3S/c1-12-18(13(2)24-20-12)15-5-9-17(10-6-15)25(22,23)21-16-7-3-14(11-19)4-8-16/h3-10,21H,1-2H3. The molecular weight excluding hydrogens is 338 g/mol. The minimum Gasteiger partial charge on any atom is -0.361 e. The summed E-state index contributed by atoms with van der Waals surface area (Å²) in [7, 11) is -3.71. The third-order valence-corrected chi connectivity index (χ3v) is 5.15. The molecule has 0 aliphatic rings. The molecule has 0 spiro atoms. The van der Waals surface area contributed by atoms with Crippen LogP contribution in [0.2, 0.25) is 0 Å². The highest BCUT2D eigenvalue weighted by atomic mass is 32.2. The number of sulfonamides is 1. The maximum Gasteiger partial charge on any atom is 0.261 e. The molecule has 1 heterocycles. The van der Waals surface area contributed by atoms with Crippen molar-refractivity contribution in [1.29, 1.82) is 5.26 Å². The molecule has 25 heavy (non-hydrogen) atoms. The number of aromatic nitrogens is 1. The smallest absolute Gasteiger partial charge is 0.261 e. The normalized spacial score (nSPS) is 11.1. The molecule has 0 fully saturated rings. The Morgan fingerprint density at radius 3 is 2.20 bits per heavy atom. The number of anilines is 1. The van der Waals surface area contributed by atoms with Crippen LogP contribution in [0.25, 0.3) is 11.1 Å². The monoisotopic (exact) mass is 353 g/mol. The van der Waals surface area contributed by atoms with Crippen molar-refractivity contribution in [2.45, 2.75) is 18.7 Å². The molecule has 6 nitrogen and oxygen atoms in total. The minimum absolute atomic E-state index is 0.146. The third kappa shape index (κ3) is 3.39. The summed E-state index contributed by atoms with van der Waals surface area (Å²) in [4.78, 5) is 0.146. The van der Waals surface area contributed by atoms with Crippen LogP contribution in [0.4, 0.5) is 5.69 Å². The van der Waals surface area contributed by atoms with Crippen LogP contribution in [-0.2, 0) is 10.0 Å². The van der Waals surface area contributed by atoms with Crippen LogP contribution in [-0.4, -0.2) is 13.6 Å². The third-order valence-electron chi connectivity index (χ3n) is 3.75. The Morgan fingerprint density at radius 2 is 1.68 bits per heavy atom. The predicted octanol–water partition coefficient (Wildman–Crippen LogP) is 3.63. The molecule has 0 aliphatic carbocycles. The maximum atomic E-state index is 12.5. The van der Waals surface area contributed by atoms with Gasteiger partial charge in [0.2, 0.25) is 0 Å². The van der Waals surface area contributed by atoms with Crippen molar-refractivity contribution in [3.05, 3.63) is 65.5 Å². The van der Waals surface area contributed by atoms with E-state index in [9.17, 15) is 8.42 Å². The van der Waals surface area contributed by atoms with Crippen molar-refractivity contribution in [2.75, 3.05) is 4.72 Å². The molecule has 1 N–H and O–H groups in total.